The van der Waals surface area contributed by atoms with Crippen LogP contribution in [0.1, 0.15) is 49.3 Å². The summed E-state index contributed by atoms with van der Waals surface area (Å²) < 4.78 is 45.3. The van der Waals surface area contributed by atoms with Crippen LogP contribution in [0.3, 0.4) is 0 Å². The summed E-state index contributed by atoms with van der Waals surface area (Å²) in [5, 5.41) is 4.63. The fourth-order valence-corrected chi connectivity index (χ4v) is 5.03. The first-order chi connectivity index (χ1) is 18.3. The summed E-state index contributed by atoms with van der Waals surface area (Å²) >= 11 is 12.9. The summed E-state index contributed by atoms with van der Waals surface area (Å²) in [4.78, 5) is 28.8. The third kappa shape index (κ3) is 6.36. The van der Waals surface area contributed by atoms with Gasteiger partial charge < -0.3 is 10.1 Å². The zero-order chi connectivity index (χ0) is 28.5. The number of hydrogen-bond acceptors (Lipinski definition) is 5. The first kappa shape index (κ1) is 28.8. The molecule has 1 aliphatic heterocycles. The molecule has 1 aromatic carbocycles. The number of benzene rings is 1. The molecule has 2 aromatic rings. The van der Waals surface area contributed by atoms with Crippen LogP contribution in [0.2, 0.25) is 5.02 Å². The van der Waals surface area contributed by atoms with Crippen molar-refractivity contribution in [2.45, 2.75) is 55.8 Å². The molecule has 206 valence electrons. The highest BCUT2D eigenvalue weighted by molar-refractivity contribution is 6.33. The molecule has 0 fully saturated rings. The maximum absolute atomic E-state index is 13.2. The topological polar surface area (TPSA) is 80.7 Å². The zero-order valence-corrected chi connectivity index (χ0v) is 22.7. The van der Waals surface area contributed by atoms with Gasteiger partial charge in [0.05, 0.1) is 28.6 Å². The summed E-state index contributed by atoms with van der Waals surface area (Å²) in [5.41, 5.74) is 2.96. The van der Waals surface area contributed by atoms with Crippen molar-refractivity contribution in [3.8, 4) is 17.1 Å². The second kappa shape index (κ2) is 11.1. The van der Waals surface area contributed by atoms with Crippen molar-refractivity contribution in [3.63, 3.8) is 0 Å². The highest BCUT2D eigenvalue weighted by atomic mass is 35.5. The van der Waals surface area contributed by atoms with Crippen molar-refractivity contribution in [2.75, 3.05) is 6.54 Å². The molecular formula is C28H26Cl2F3N3O3. The van der Waals surface area contributed by atoms with Crippen molar-refractivity contribution in [1.82, 2.24) is 10.3 Å². The standard InChI is InChI=1S/C28H26Cl2F3N3O3/c1-4-15-5-10-18(22(30)11-15)24-19(16-6-8-17(29)9-7-16)12-20-21(13-27(2,3)39-26(20)35-24)25(37)34-14-23(36-38)28(31,32)33/h4-8,10-12,17,21,23H,1,9,13-14H2,2-3H3,(H,34,37). The molecule has 1 aromatic heterocycles. The lowest BCUT2D eigenvalue weighted by Crippen LogP contribution is -2.45. The van der Waals surface area contributed by atoms with Gasteiger partial charge in [-0.05, 0) is 43.5 Å². The zero-order valence-electron chi connectivity index (χ0n) is 21.2. The number of alkyl halides is 4. The molecule has 2 heterocycles. The molecule has 1 N–H and O–H groups in total. The fraction of sp³-hybridized carbons (Fsp3) is 0.357. The Labute approximate surface area is 233 Å². The monoisotopic (exact) mass is 579 g/mol. The predicted molar refractivity (Wildman–Crippen MR) is 147 cm³/mol. The number of pyridine rings is 1. The molecule has 1 aliphatic carbocycles. The highest BCUT2D eigenvalue weighted by Gasteiger charge is 2.43. The fourth-order valence-electron chi connectivity index (χ4n) is 4.59. The van der Waals surface area contributed by atoms with Gasteiger partial charge in [-0.1, -0.05) is 59.8 Å². The lowest BCUT2D eigenvalue weighted by molar-refractivity contribution is -0.147. The van der Waals surface area contributed by atoms with Gasteiger partial charge in [0.15, 0.2) is 0 Å². The minimum absolute atomic E-state index is 0.172. The molecule has 3 atom stereocenters. The third-order valence-corrected chi connectivity index (χ3v) is 7.23. The van der Waals surface area contributed by atoms with Crippen LogP contribution in [-0.4, -0.2) is 40.6 Å². The van der Waals surface area contributed by atoms with Crippen LogP contribution in [0.5, 0.6) is 5.88 Å². The third-order valence-electron chi connectivity index (χ3n) is 6.59. The number of fused-ring (bicyclic) bond motifs is 1. The first-order valence-electron chi connectivity index (χ1n) is 12.2. The van der Waals surface area contributed by atoms with E-state index in [2.05, 4.69) is 17.1 Å². The summed E-state index contributed by atoms with van der Waals surface area (Å²) in [5.74, 6) is -1.41. The Bertz CT molecular complexity index is 1370. The summed E-state index contributed by atoms with van der Waals surface area (Å²) in [6.07, 6.45) is 3.18. The van der Waals surface area contributed by atoms with E-state index in [0.29, 0.717) is 33.8 Å². The first-order valence-corrected chi connectivity index (χ1v) is 13.0. The van der Waals surface area contributed by atoms with E-state index in [0.717, 1.165) is 11.1 Å². The van der Waals surface area contributed by atoms with Crippen molar-refractivity contribution in [2.24, 2.45) is 5.18 Å². The predicted octanol–water partition coefficient (Wildman–Crippen LogP) is 7.45. The Morgan fingerprint density at radius 2 is 2.08 bits per heavy atom. The number of nitroso groups, excluding NO2 is 1. The van der Waals surface area contributed by atoms with E-state index < -0.39 is 36.2 Å². The largest absolute Gasteiger partial charge is 0.471 e. The quantitative estimate of drug-likeness (QED) is 0.273. The molecule has 0 saturated carbocycles. The lowest BCUT2D eigenvalue weighted by atomic mass is 9.83. The van der Waals surface area contributed by atoms with E-state index in [1.54, 1.807) is 32.1 Å². The van der Waals surface area contributed by atoms with Gasteiger partial charge in [-0.25, -0.2) is 4.98 Å². The van der Waals surface area contributed by atoms with Gasteiger partial charge in [0, 0.05) is 23.1 Å². The van der Waals surface area contributed by atoms with Gasteiger partial charge in [0.1, 0.15) is 5.60 Å². The number of allylic oxidation sites excluding steroid dienone is 4. The van der Waals surface area contributed by atoms with E-state index in [1.807, 2.05) is 30.4 Å². The maximum atomic E-state index is 13.2. The SMILES string of the molecule is C=Cc1ccc(-c2nc3c(cc2C2=CCC(Cl)C=C2)C(C(=O)NCC(N=O)C(F)(F)F)CC(C)(C)O3)c(Cl)c1. The number of rotatable bonds is 7. The van der Waals surface area contributed by atoms with E-state index in [9.17, 15) is 22.9 Å². The van der Waals surface area contributed by atoms with Crippen LogP contribution < -0.4 is 10.1 Å². The minimum Gasteiger partial charge on any atom is -0.471 e. The number of hydrogen-bond donors (Lipinski definition) is 1. The van der Waals surface area contributed by atoms with E-state index in [1.165, 1.54) is 0 Å². The number of halogens is 5. The van der Waals surface area contributed by atoms with Gasteiger partial charge in [0.25, 0.3) is 0 Å². The maximum Gasteiger partial charge on any atom is 0.415 e. The summed E-state index contributed by atoms with van der Waals surface area (Å²) in [6, 6.07) is 4.63. The number of aromatic nitrogens is 1. The normalized spacial score (nSPS) is 20.7. The van der Waals surface area contributed by atoms with Crippen LogP contribution in [0, 0.1) is 4.91 Å². The second-order valence-corrected chi connectivity index (χ2v) is 11.0. The van der Waals surface area contributed by atoms with Crippen molar-refractivity contribution in [1.29, 1.82) is 0 Å². The molecule has 0 saturated heterocycles. The number of nitrogens with one attached hydrogen (secondary N) is 1. The van der Waals surface area contributed by atoms with Gasteiger partial charge in [-0.3, -0.25) is 4.79 Å². The van der Waals surface area contributed by atoms with Gasteiger partial charge >= 0.3 is 6.18 Å². The van der Waals surface area contributed by atoms with Crippen molar-refractivity contribution in [3.05, 3.63) is 75.7 Å². The molecule has 0 radical (unpaired) electrons. The van der Waals surface area contributed by atoms with Crippen molar-refractivity contribution >= 4 is 40.8 Å². The van der Waals surface area contributed by atoms with Crippen molar-refractivity contribution < 1.29 is 22.7 Å². The van der Waals surface area contributed by atoms with E-state index >= 15 is 0 Å². The number of carbonyl (C=O) groups excluding carboxylic acids is 1. The van der Waals surface area contributed by atoms with Crippen LogP contribution in [0.4, 0.5) is 13.2 Å². The molecule has 1 amide bonds. The molecule has 2 aliphatic rings. The average Bonchev–Trinajstić information content (AvgIpc) is 2.87. The number of amides is 1. The number of nitrogens with zero attached hydrogens (tertiary/aromatic N) is 2. The molecular weight excluding hydrogens is 554 g/mol. The van der Waals surface area contributed by atoms with E-state index in [-0.39, 0.29) is 17.7 Å². The smallest absolute Gasteiger partial charge is 0.415 e. The molecule has 6 nitrogen and oxygen atoms in total. The van der Waals surface area contributed by atoms with Crippen LogP contribution in [-0.2, 0) is 4.79 Å². The van der Waals surface area contributed by atoms with Crippen LogP contribution in [0.15, 0.2) is 54.2 Å². The Balaban J connectivity index is 1.82. The Kier molecular flexibility index (Phi) is 8.23. The number of carbonyl (C=O) groups is 1. The van der Waals surface area contributed by atoms with Gasteiger partial charge in [-0.15, -0.1) is 11.6 Å². The van der Waals surface area contributed by atoms with Crippen LogP contribution in [0.25, 0.3) is 22.9 Å². The number of ether oxygens (including phenoxy) is 1. The Morgan fingerprint density at radius 1 is 1.33 bits per heavy atom. The van der Waals surface area contributed by atoms with Gasteiger partial charge in [-0.2, -0.15) is 18.1 Å². The molecule has 0 bridgehead atoms. The summed E-state index contributed by atoms with van der Waals surface area (Å²) in [6.45, 7) is 6.32. The summed E-state index contributed by atoms with van der Waals surface area (Å²) in [7, 11) is 0. The molecule has 11 heteroatoms. The van der Waals surface area contributed by atoms with Crippen LogP contribution >= 0.6 is 23.2 Å². The van der Waals surface area contributed by atoms with Gasteiger partial charge in [0.2, 0.25) is 17.8 Å². The Morgan fingerprint density at radius 3 is 2.67 bits per heavy atom. The second-order valence-electron chi connectivity index (χ2n) is 10.0. The lowest BCUT2D eigenvalue weighted by Gasteiger charge is -2.37. The molecule has 39 heavy (non-hydrogen) atoms. The highest BCUT2D eigenvalue weighted by Crippen LogP contribution is 2.45. The average molecular weight is 580 g/mol. The molecule has 0 spiro atoms. The van der Waals surface area contributed by atoms with E-state index in [4.69, 9.17) is 32.9 Å². The molecule has 3 unspecified atom stereocenters. The minimum atomic E-state index is -4.87. The molecule has 4 rings (SSSR count). The Hall–Kier alpha value is -3.17.